The zero-order valence-electron chi connectivity index (χ0n) is 13.4. The summed E-state index contributed by atoms with van der Waals surface area (Å²) in [7, 11) is 0. The van der Waals surface area contributed by atoms with Crippen molar-refractivity contribution in [2.75, 3.05) is 32.7 Å². The maximum atomic E-state index is 13.7. The number of rotatable bonds is 3. The van der Waals surface area contributed by atoms with E-state index in [-0.39, 0.29) is 29.8 Å². The predicted molar refractivity (Wildman–Crippen MR) is 84.2 cm³/mol. The maximum Gasteiger partial charge on any atom is 0.236 e. The second-order valence-electron chi connectivity index (χ2n) is 6.31. The SMILES string of the molecule is O=C(Cc1cc(F)ccc1F)N1CCCC(N2CCNCC2=O)C1. The van der Waals surface area contributed by atoms with E-state index in [1.807, 2.05) is 4.90 Å². The van der Waals surface area contributed by atoms with Crippen molar-refractivity contribution in [1.82, 2.24) is 15.1 Å². The van der Waals surface area contributed by atoms with Crippen molar-refractivity contribution in [3.8, 4) is 0 Å². The number of nitrogens with zero attached hydrogens (tertiary/aromatic N) is 2. The molecule has 130 valence electrons. The summed E-state index contributed by atoms with van der Waals surface area (Å²) in [6.07, 6.45) is 1.51. The van der Waals surface area contributed by atoms with Crippen LogP contribution < -0.4 is 5.32 Å². The average molecular weight is 337 g/mol. The molecule has 2 aliphatic rings. The van der Waals surface area contributed by atoms with E-state index in [1.165, 1.54) is 0 Å². The summed E-state index contributed by atoms with van der Waals surface area (Å²) in [5, 5.41) is 3.03. The van der Waals surface area contributed by atoms with Crippen LogP contribution in [0, 0.1) is 11.6 Å². The monoisotopic (exact) mass is 337 g/mol. The van der Waals surface area contributed by atoms with Crippen molar-refractivity contribution < 1.29 is 18.4 Å². The van der Waals surface area contributed by atoms with Crippen LogP contribution in [0.4, 0.5) is 8.78 Å². The van der Waals surface area contributed by atoms with E-state index in [0.29, 0.717) is 26.2 Å². The summed E-state index contributed by atoms with van der Waals surface area (Å²) in [6, 6.07) is 3.15. The summed E-state index contributed by atoms with van der Waals surface area (Å²) in [6.45, 7) is 2.78. The molecule has 0 aromatic heterocycles. The fourth-order valence-electron chi connectivity index (χ4n) is 3.40. The second kappa shape index (κ2) is 7.25. The number of amides is 2. The number of benzene rings is 1. The Morgan fingerprint density at radius 2 is 2.12 bits per heavy atom. The highest BCUT2D eigenvalue weighted by Gasteiger charge is 2.31. The van der Waals surface area contributed by atoms with Gasteiger partial charge in [-0.15, -0.1) is 0 Å². The Balaban J connectivity index is 1.64. The summed E-state index contributed by atoms with van der Waals surface area (Å²) < 4.78 is 27.0. The van der Waals surface area contributed by atoms with E-state index < -0.39 is 11.6 Å². The first kappa shape index (κ1) is 16.8. The molecule has 0 radical (unpaired) electrons. The highest BCUT2D eigenvalue weighted by atomic mass is 19.1. The number of hydrogen-bond donors (Lipinski definition) is 1. The average Bonchev–Trinajstić information content (AvgIpc) is 2.58. The van der Waals surface area contributed by atoms with Crippen LogP contribution in [-0.4, -0.2) is 60.4 Å². The topological polar surface area (TPSA) is 52.7 Å². The molecule has 1 atom stereocenters. The zero-order chi connectivity index (χ0) is 17.1. The molecule has 1 aromatic rings. The smallest absolute Gasteiger partial charge is 0.236 e. The Morgan fingerprint density at radius 3 is 2.92 bits per heavy atom. The molecule has 0 bridgehead atoms. The largest absolute Gasteiger partial charge is 0.340 e. The third kappa shape index (κ3) is 3.72. The maximum absolute atomic E-state index is 13.7. The lowest BCUT2D eigenvalue weighted by molar-refractivity contribution is -0.140. The molecule has 2 heterocycles. The number of halogens is 2. The first-order chi connectivity index (χ1) is 11.5. The molecule has 1 aromatic carbocycles. The Bertz CT molecular complexity index is 638. The molecular weight excluding hydrogens is 316 g/mol. The Morgan fingerprint density at radius 1 is 1.29 bits per heavy atom. The first-order valence-corrected chi connectivity index (χ1v) is 8.26. The number of carbonyl (C=O) groups is 2. The van der Waals surface area contributed by atoms with E-state index in [4.69, 9.17) is 0 Å². The molecule has 0 saturated carbocycles. The third-order valence-corrected chi connectivity index (χ3v) is 4.67. The van der Waals surface area contributed by atoms with Crippen LogP contribution in [-0.2, 0) is 16.0 Å². The van der Waals surface area contributed by atoms with Crippen LogP contribution >= 0.6 is 0 Å². The van der Waals surface area contributed by atoms with Gasteiger partial charge in [0.15, 0.2) is 0 Å². The Kier molecular flexibility index (Phi) is 5.08. The highest BCUT2D eigenvalue weighted by molar-refractivity contribution is 5.80. The first-order valence-electron chi connectivity index (χ1n) is 8.26. The summed E-state index contributed by atoms with van der Waals surface area (Å²) in [5.74, 6) is -1.30. The van der Waals surface area contributed by atoms with Gasteiger partial charge in [-0.1, -0.05) is 0 Å². The van der Waals surface area contributed by atoms with Crippen LogP contribution in [0.2, 0.25) is 0 Å². The third-order valence-electron chi connectivity index (χ3n) is 4.67. The lowest BCUT2D eigenvalue weighted by Crippen LogP contribution is -2.57. The van der Waals surface area contributed by atoms with Crippen molar-refractivity contribution in [2.45, 2.75) is 25.3 Å². The van der Waals surface area contributed by atoms with Crippen LogP contribution in [0.3, 0.4) is 0 Å². The number of carbonyl (C=O) groups excluding carboxylic acids is 2. The van der Waals surface area contributed by atoms with Crippen LogP contribution in [0.15, 0.2) is 18.2 Å². The summed E-state index contributed by atoms with van der Waals surface area (Å²) >= 11 is 0. The molecule has 0 spiro atoms. The molecule has 5 nitrogen and oxygen atoms in total. The van der Waals surface area contributed by atoms with Gasteiger partial charge in [0.25, 0.3) is 0 Å². The number of hydrogen-bond acceptors (Lipinski definition) is 3. The van der Waals surface area contributed by atoms with Gasteiger partial charge in [0.05, 0.1) is 13.0 Å². The van der Waals surface area contributed by atoms with Gasteiger partial charge in [0, 0.05) is 37.8 Å². The van der Waals surface area contributed by atoms with Crippen molar-refractivity contribution in [1.29, 1.82) is 0 Å². The highest BCUT2D eigenvalue weighted by Crippen LogP contribution is 2.19. The van der Waals surface area contributed by atoms with Gasteiger partial charge in [-0.05, 0) is 31.0 Å². The molecule has 1 N–H and O–H groups in total. The van der Waals surface area contributed by atoms with E-state index in [2.05, 4.69) is 5.32 Å². The molecule has 2 fully saturated rings. The van der Waals surface area contributed by atoms with Crippen LogP contribution in [0.25, 0.3) is 0 Å². The molecule has 2 amide bonds. The minimum absolute atomic E-state index is 0.00894. The standard InChI is InChI=1S/C17H21F2N3O2/c18-13-3-4-15(19)12(8-13)9-16(23)21-6-1-2-14(11-21)22-7-5-20-10-17(22)24/h3-4,8,14,20H,1-2,5-7,9-11H2. The lowest BCUT2D eigenvalue weighted by Gasteiger charge is -2.41. The zero-order valence-corrected chi connectivity index (χ0v) is 13.4. The van der Waals surface area contributed by atoms with Gasteiger partial charge in [0.1, 0.15) is 11.6 Å². The number of piperidine rings is 1. The quantitative estimate of drug-likeness (QED) is 0.893. The van der Waals surface area contributed by atoms with Crippen LogP contribution in [0.1, 0.15) is 18.4 Å². The molecule has 7 heteroatoms. The Hall–Kier alpha value is -2.02. The number of likely N-dealkylation sites (tertiary alicyclic amines) is 1. The fourth-order valence-corrected chi connectivity index (χ4v) is 3.40. The summed E-state index contributed by atoms with van der Waals surface area (Å²) in [4.78, 5) is 28.0. The molecular formula is C17H21F2N3O2. The van der Waals surface area contributed by atoms with E-state index in [0.717, 1.165) is 37.6 Å². The second-order valence-corrected chi connectivity index (χ2v) is 6.31. The molecule has 2 aliphatic heterocycles. The molecule has 0 aliphatic carbocycles. The molecule has 2 saturated heterocycles. The van der Waals surface area contributed by atoms with Gasteiger partial charge in [-0.2, -0.15) is 0 Å². The van der Waals surface area contributed by atoms with Gasteiger partial charge >= 0.3 is 0 Å². The lowest BCUT2D eigenvalue weighted by atomic mass is 10.0. The minimum Gasteiger partial charge on any atom is -0.340 e. The van der Waals surface area contributed by atoms with Crippen molar-refractivity contribution >= 4 is 11.8 Å². The van der Waals surface area contributed by atoms with Crippen molar-refractivity contribution in [3.05, 3.63) is 35.4 Å². The van der Waals surface area contributed by atoms with E-state index >= 15 is 0 Å². The fraction of sp³-hybridized carbons (Fsp3) is 0.529. The van der Waals surface area contributed by atoms with E-state index in [9.17, 15) is 18.4 Å². The van der Waals surface area contributed by atoms with Gasteiger partial charge in [-0.25, -0.2) is 8.78 Å². The number of piperazine rings is 1. The van der Waals surface area contributed by atoms with Gasteiger partial charge < -0.3 is 15.1 Å². The van der Waals surface area contributed by atoms with Gasteiger partial charge in [0.2, 0.25) is 11.8 Å². The van der Waals surface area contributed by atoms with Crippen molar-refractivity contribution in [3.63, 3.8) is 0 Å². The molecule has 3 rings (SSSR count). The Labute approximate surface area is 139 Å². The molecule has 24 heavy (non-hydrogen) atoms. The van der Waals surface area contributed by atoms with E-state index in [1.54, 1.807) is 4.90 Å². The minimum atomic E-state index is -0.574. The van der Waals surface area contributed by atoms with Crippen molar-refractivity contribution in [2.24, 2.45) is 0 Å². The van der Waals surface area contributed by atoms with Crippen LogP contribution in [0.5, 0.6) is 0 Å². The normalized spacial score (nSPS) is 21.9. The predicted octanol–water partition coefficient (Wildman–Crippen LogP) is 0.930. The van der Waals surface area contributed by atoms with Gasteiger partial charge in [-0.3, -0.25) is 9.59 Å². The number of nitrogens with one attached hydrogen (secondary N) is 1. The molecule has 1 unspecified atom stereocenters. The summed E-state index contributed by atoms with van der Waals surface area (Å²) in [5.41, 5.74) is 0.0698.